The van der Waals surface area contributed by atoms with Gasteiger partial charge in [-0.15, -0.1) is 0 Å². The number of carbonyl (C=O) groups excluding carboxylic acids is 2. The Morgan fingerprint density at radius 1 is 0.972 bits per heavy atom. The smallest absolute Gasteiger partial charge is 0.269 e. The molecule has 2 amide bonds. The van der Waals surface area contributed by atoms with E-state index in [2.05, 4.69) is 0 Å². The summed E-state index contributed by atoms with van der Waals surface area (Å²) in [6, 6.07) is 14.5. The lowest BCUT2D eigenvalue weighted by Gasteiger charge is -2.27. The van der Waals surface area contributed by atoms with Gasteiger partial charge in [-0.25, -0.2) is 0 Å². The van der Waals surface area contributed by atoms with Crippen molar-refractivity contribution in [2.24, 2.45) is 0 Å². The summed E-state index contributed by atoms with van der Waals surface area (Å²) in [5.41, 5.74) is 1.03. The number of carbonyl (C=O) groups is 2. The Hall–Kier alpha value is -4.34. The molecule has 0 radical (unpaired) electrons. The Morgan fingerprint density at radius 2 is 1.72 bits per heavy atom. The van der Waals surface area contributed by atoms with Gasteiger partial charge in [0.1, 0.15) is 18.1 Å². The Morgan fingerprint density at radius 3 is 2.39 bits per heavy atom. The predicted octanol–water partition coefficient (Wildman–Crippen LogP) is 4.31. The largest absolute Gasteiger partial charge is 0.464 e. The van der Waals surface area contributed by atoms with Crippen LogP contribution < -0.4 is 9.47 Å². The second-order valence-corrected chi connectivity index (χ2v) is 8.48. The van der Waals surface area contributed by atoms with E-state index in [0.717, 1.165) is 11.3 Å². The average molecular weight is 494 g/mol. The lowest BCUT2D eigenvalue weighted by atomic mass is 10.1. The van der Waals surface area contributed by atoms with Crippen LogP contribution in [-0.4, -0.2) is 46.4 Å². The number of ether oxygens (including phenoxy) is 2. The molecule has 4 rings (SSSR count). The van der Waals surface area contributed by atoms with Crippen LogP contribution in [0.4, 0.5) is 5.69 Å². The van der Waals surface area contributed by atoms with Crippen LogP contribution in [0.5, 0.6) is 11.5 Å². The van der Waals surface area contributed by atoms with E-state index in [0.29, 0.717) is 30.2 Å². The maximum atomic E-state index is 13.5. The van der Waals surface area contributed by atoms with Crippen LogP contribution in [0.25, 0.3) is 0 Å². The van der Waals surface area contributed by atoms with Crippen LogP contribution >= 0.6 is 0 Å². The van der Waals surface area contributed by atoms with Crippen molar-refractivity contribution in [2.45, 2.75) is 33.4 Å². The van der Waals surface area contributed by atoms with Gasteiger partial charge < -0.3 is 23.7 Å². The molecule has 0 bridgehead atoms. The van der Waals surface area contributed by atoms with Gasteiger partial charge in [-0.2, -0.15) is 0 Å². The van der Waals surface area contributed by atoms with E-state index in [1.54, 1.807) is 11.0 Å². The van der Waals surface area contributed by atoms with Gasteiger partial charge in [-0.1, -0.05) is 13.0 Å². The fourth-order valence-corrected chi connectivity index (χ4v) is 3.94. The number of aryl methyl sites for hydroxylation is 1. The molecule has 0 saturated carbocycles. The fraction of sp³-hybridized carbons (Fsp3) is 0.308. The fourth-order valence-electron chi connectivity index (χ4n) is 3.94. The first-order chi connectivity index (χ1) is 17.3. The topological polar surface area (TPSA) is 115 Å². The van der Waals surface area contributed by atoms with Gasteiger partial charge in [0.2, 0.25) is 12.7 Å². The molecule has 1 aliphatic rings. The highest BCUT2D eigenvalue weighted by Gasteiger charge is 2.24. The van der Waals surface area contributed by atoms with Gasteiger partial charge in [0.25, 0.3) is 11.6 Å². The summed E-state index contributed by atoms with van der Waals surface area (Å²) >= 11 is 0. The van der Waals surface area contributed by atoms with E-state index in [1.165, 1.54) is 29.2 Å². The maximum absolute atomic E-state index is 13.5. The zero-order chi connectivity index (χ0) is 25.7. The molecule has 36 heavy (non-hydrogen) atoms. The lowest BCUT2D eigenvalue weighted by molar-refractivity contribution is -0.384. The zero-order valence-corrected chi connectivity index (χ0v) is 20.1. The Bertz CT molecular complexity index is 1250. The minimum Gasteiger partial charge on any atom is -0.464 e. The molecule has 1 aliphatic heterocycles. The second-order valence-electron chi connectivity index (χ2n) is 8.48. The normalized spacial score (nSPS) is 11.8. The van der Waals surface area contributed by atoms with E-state index in [-0.39, 0.29) is 49.5 Å². The number of nitro groups is 1. The predicted molar refractivity (Wildman–Crippen MR) is 130 cm³/mol. The number of amides is 2. The summed E-state index contributed by atoms with van der Waals surface area (Å²) in [6.07, 6.45) is 0.644. The molecule has 0 atom stereocenters. The van der Waals surface area contributed by atoms with Gasteiger partial charge >= 0.3 is 0 Å². The molecule has 188 valence electrons. The van der Waals surface area contributed by atoms with Crippen molar-refractivity contribution in [3.8, 4) is 11.5 Å². The third-order valence-corrected chi connectivity index (χ3v) is 5.74. The molecule has 0 N–H and O–H groups in total. The van der Waals surface area contributed by atoms with Crippen molar-refractivity contribution in [3.05, 3.63) is 87.4 Å². The quantitative estimate of drug-likeness (QED) is 0.305. The molecular weight excluding hydrogens is 466 g/mol. The van der Waals surface area contributed by atoms with E-state index < -0.39 is 4.92 Å². The van der Waals surface area contributed by atoms with Gasteiger partial charge in [0, 0.05) is 30.8 Å². The van der Waals surface area contributed by atoms with Crippen LogP contribution in [0.3, 0.4) is 0 Å². The number of hydrogen-bond donors (Lipinski definition) is 0. The maximum Gasteiger partial charge on any atom is 0.269 e. The van der Waals surface area contributed by atoms with Crippen molar-refractivity contribution in [2.75, 3.05) is 19.9 Å². The van der Waals surface area contributed by atoms with Gasteiger partial charge in [0.05, 0.1) is 11.5 Å². The number of hydrogen-bond acceptors (Lipinski definition) is 7. The minimum absolute atomic E-state index is 0.103. The average Bonchev–Trinajstić information content (AvgIpc) is 3.51. The first kappa shape index (κ1) is 24.8. The Balaban J connectivity index is 1.53. The molecule has 0 saturated heterocycles. The van der Waals surface area contributed by atoms with Crippen LogP contribution in [0.2, 0.25) is 0 Å². The summed E-state index contributed by atoms with van der Waals surface area (Å²) < 4.78 is 16.5. The van der Waals surface area contributed by atoms with E-state index in [9.17, 15) is 19.7 Å². The number of rotatable bonds is 10. The number of nitrogens with zero attached hydrogens (tertiary/aromatic N) is 3. The second kappa shape index (κ2) is 10.9. The molecule has 0 unspecified atom stereocenters. The highest BCUT2D eigenvalue weighted by atomic mass is 16.7. The molecule has 0 spiro atoms. The zero-order valence-electron chi connectivity index (χ0n) is 20.1. The van der Waals surface area contributed by atoms with E-state index >= 15 is 0 Å². The first-order valence-electron chi connectivity index (χ1n) is 11.6. The van der Waals surface area contributed by atoms with Crippen molar-refractivity contribution in [1.29, 1.82) is 0 Å². The third kappa shape index (κ3) is 5.83. The summed E-state index contributed by atoms with van der Waals surface area (Å²) in [4.78, 5) is 40.2. The number of nitro benzene ring substituents is 1. The van der Waals surface area contributed by atoms with Crippen molar-refractivity contribution < 1.29 is 28.4 Å². The van der Waals surface area contributed by atoms with E-state index in [4.69, 9.17) is 13.9 Å². The molecule has 1 aromatic heterocycles. The molecule has 2 heterocycles. The number of benzene rings is 2. The standard InChI is InChI=1S/C26H27N3O7/c1-3-12-27(26(31)20-6-8-21(9-7-20)29(32)33)16-25(30)28(15-22-10-4-18(2)36-22)14-19-5-11-23-24(13-19)35-17-34-23/h4-11,13H,3,12,14-17H2,1-2H3. The minimum atomic E-state index is -0.522. The molecular formula is C26H27N3O7. The van der Waals surface area contributed by atoms with Crippen molar-refractivity contribution >= 4 is 17.5 Å². The number of non-ortho nitro benzene ring substituents is 1. The van der Waals surface area contributed by atoms with Gasteiger partial charge in [0.15, 0.2) is 11.5 Å². The summed E-state index contributed by atoms with van der Waals surface area (Å²) in [5, 5.41) is 10.9. The monoisotopic (exact) mass is 493 g/mol. The third-order valence-electron chi connectivity index (χ3n) is 5.74. The summed E-state index contributed by atoms with van der Waals surface area (Å²) in [5.74, 6) is 2.02. The highest BCUT2D eigenvalue weighted by molar-refractivity contribution is 5.96. The molecule has 3 aromatic rings. The Labute approximate surface area is 208 Å². The van der Waals surface area contributed by atoms with Crippen LogP contribution in [0, 0.1) is 17.0 Å². The van der Waals surface area contributed by atoms with Crippen molar-refractivity contribution in [3.63, 3.8) is 0 Å². The molecule has 10 heteroatoms. The molecule has 2 aromatic carbocycles. The molecule has 10 nitrogen and oxygen atoms in total. The summed E-state index contributed by atoms with van der Waals surface area (Å²) in [6.45, 7) is 4.63. The molecule has 0 aliphatic carbocycles. The number of fused-ring (bicyclic) bond motifs is 1. The van der Waals surface area contributed by atoms with Gasteiger partial charge in [-0.05, 0) is 55.3 Å². The first-order valence-corrected chi connectivity index (χ1v) is 11.6. The summed E-state index contributed by atoms with van der Waals surface area (Å²) in [7, 11) is 0. The Kier molecular flexibility index (Phi) is 7.53. The SMILES string of the molecule is CCCN(CC(=O)N(Cc1ccc2c(c1)OCO2)Cc1ccc(C)o1)C(=O)c1ccc([N+](=O)[O-])cc1. The number of furan rings is 1. The van der Waals surface area contributed by atoms with Crippen LogP contribution in [0.1, 0.15) is 40.8 Å². The van der Waals surface area contributed by atoms with E-state index in [1.807, 2.05) is 38.1 Å². The van der Waals surface area contributed by atoms with Crippen molar-refractivity contribution in [1.82, 2.24) is 9.80 Å². The molecule has 0 fully saturated rings. The highest BCUT2D eigenvalue weighted by Crippen LogP contribution is 2.33. The van der Waals surface area contributed by atoms with Gasteiger partial charge in [-0.3, -0.25) is 19.7 Å². The lowest BCUT2D eigenvalue weighted by Crippen LogP contribution is -2.42. The van der Waals surface area contributed by atoms with Crippen LogP contribution in [0.15, 0.2) is 59.0 Å². The van der Waals surface area contributed by atoms with Crippen LogP contribution in [-0.2, 0) is 17.9 Å².